The molecule has 0 saturated carbocycles. The second-order valence-electron chi connectivity index (χ2n) is 8.26. The number of hydrogen-bond donors (Lipinski definition) is 1. The predicted molar refractivity (Wildman–Crippen MR) is 136 cm³/mol. The summed E-state index contributed by atoms with van der Waals surface area (Å²) in [6.07, 6.45) is 0. The summed E-state index contributed by atoms with van der Waals surface area (Å²) in [6, 6.07) is 20.8. The van der Waals surface area contributed by atoms with Crippen molar-refractivity contribution in [2.45, 2.75) is 10.9 Å². The summed E-state index contributed by atoms with van der Waals surface area (Å²) in [6.45, 7) is 3.57. The maximum Gasteiger partial charge on any atom is 0.240 e. The Hall–Kier alpha value is -2.13. The molecule has 1 unspecified atom stereocenters. The van der Waals surface area contributed by atoms with Crippen LogP contribution in [0.4, 0.5) is 0 Å². The van der Waals surface area contributed by atoms with Gasteiger partial charge in [-0.25, -0.2) is 13.1 Å². The van der Waals surface area contributed by atoms with E-state index in [2.05, 4.69) is 21.6 Å². The van der Waals surface area contributed by atoms with Gasteiger partial charge >= 0.3 is 0 Å². The normalized spacial score (nSPS) is 16.3. The van der Waals surface area contributed by atoms with Crippen molar-refractivity contribution in [2.75, 3.05) is 39.8 Å². The molecule has 9 heteroatoms. The molecule has 1 aliphatic rings. The van der Waals surface area contributed by atoms with E-state index < -0.39 is 10.0 Å². The molecule has 1 fully saturated rings. The number of hydrogen-bond acceptors (Lipinski definition) is 5. The van der Waals surface area contributed by atoms with Gasteiger partial charge in [0.1, 0.15) is 11.5 Å². The fourth-order valence-electron chi connectivity index (χ4n) is 3.92. The highest BCUT2D eigenvalue weighted by Gasteiger charge is 2.27. The molecule has 6 nitrogen and oxygen atoms in total. The van der Waals surface area contributed by atoms with Crippen LogP contribution in [-0.2, 0) is 10.0 Å². The lowest BCUT2D eigenvalue weighted by Crippen LogP contribution is -2.48. The van der Waals surface area contributed by atoms with Gasteiger partial charge in [0, 0.05) is 48.8 Å². The Bertz CT molecular complexity index is 1200. The molecule has 3 aromatic carbocycles. The first-order valence-electron chi connectivity index (χ1n) is 11.0. The Morgan fingerprint density at radius 2 is 1.56 bits per heavy atom. The van der Waals surface area contributed by atoms with Crippen LogP contribution >= 0.6 is 23.2 Å². The first-order valence-corrected chi connectivity index (χ1v) is 13.3. The highest BCUT2D eigenvalue weighted by Crippen LogP contribution is 2.31. The predicted octanol–water partition coefficient (Wildman–Crippen LogP) is 5.05. The van der Waals surface area contributed by atoms with E-state index in [1.54, 1.807) is 24.3 Å². The number of ether oxygens (including phenoxy) is 1. The second kappa shape index (κ2) is 11.1. The lowest BCUT2D eigenvalue weighted by molar-refractivity contribution is 0.113. The highest BCUT2D eigenvalue weighted by molar-refractivity contribution is 7.89. The minimum absolute atomic E-state index is 0.169. The number of halogens is 2. The largest absolute Gasteiger partial charge is 0.457 e. The van der Waals surface area contributed by atoms with Crippen molar-refractivity contribution in [2.24, 2.45) is 0 Å². The fraction of sp³-hybridized carbons (Fsp3) is 0.280. The molecule has 1 atom stereocenters. The molecule has 0 bridgehead atoms. The van der Waals surface area contributed by atoms with Crippen molar-refractivity contribution in [1.82, 2.24) is 14.5 Å². The molecule has 4 rings (SSSR count). The van der Waals surface area contributed by atoms with E-state index in [1.165, 1.54) is 12.1 Å². The Kier molecular flexibility index (Phi) is 8.14. The zero-order valence-electron chi connectivity index (χ0n) is 18.8. The SMILES string of the molecule is CN1CCN(C(CNS(=O)(=O)c2ccc(Oc3ccccc3)cc2)c2cc(Cl)ccc2Cl)CC1. The number of sulfonamides is 1. The first kappa shape index (κ1) is 25.0. The van der Waals surface area contributed by atoms with Crippen molar-refractivity contribution in [3.8, 4) is 11.5 Å². The third-order valence-electron chi connectivity index (χ3n) is 5.88. The number of benzene rings is 3. The summed E-state index contributed by atoms with van der Waals surface area (Å²) in [5.74, 6) is 1.25. The molecule has 34 heavy (non-hydrogen) atoms. The van der Waals surface area contributed by atoms with E-state index in [0.717, 1.165) is 31.7 Å². The van der Waals surface area contributed by atoms with E-state index in [0.29, 0.717) is 21.5 Å². The van der Waals surface area contributed by atoms with Crippen molar-refractivity contribution < 1.29 is 13.2 Å². The lowest BCUT2D eigenvalue weighted by Gasteiger charge is -2.38. The quantitative estimate of drug-likeness (QED) is 0.451. The van der Waals surface area contributed by atoms with Crippen molar-refractivity contribution >= 4 is 33.2 Å². The summed E-state index contributed by atoms with van der Waals surface area (Å²) < 4.78 is 34.7. The molecule has 1 N–H and O–H groups in total. The number of piperazine rings is 1. The van der Waals surface area contributed by atoms with Gasteiger partial charge in [-0.2, -0.15) is 0 Å². The fourth-order valence-corrected chi connectivity index (χ4v) is 5.39. The number of rotatable bonds is 8. The maximum absolute atomic E-state index is 13.1. The minimum atomic E-state index is -3.74. The Morgan fingerprint density at radius 3 is 2.24 bits per heavy atom. The summed E-state index contributed by atoms with van der Waals surface area (Å²) in [7, 11) is -1.67. The van der Waals surface area contributed by atoms with Crippen LogP contribution in [0.5, 0.6) is 11.5 Å². The third kappa shape index (κ3) is 6.30. The zero-order chi connectivity index (χ0) is 24.1. The summed E-state index contributed by atoms with van der Waals surface area (Å²) in [4.78, 5) is 4.66. The molecular formula is C25H27Cl2N3O3S. The van der Waals surface area contributed by atoms with Gasteiger partial charge in [0.05, 0.1) is 4.90 Å². The smallest absolute Gasteiger partial charge is 0.240 e. The molecule has 0 spiro atoms. The number of likely N-dealkylation sites (N-methyl/N-ethyl adjacent to an activating group) is 1. The Labute approximate surface area is 211 Å². The Balaban J connectivity index is 1.50. The molecule has 3 aromatic rings. The van der Waals surface area contributed by atoms with Gasteiger partial charge in [-0.15, -0.1) is 0 Å². The molecular weight excluding hydrogens is 493 g/mol. The molecule has 180 valence electrons. The van der Waals surface area contributed by atoms with Crippen LogP contribution in [0.2, 0.25) is 10.0 Å². The van der Waals surface area contributed by atoms with Gasteiger partial charge < -0.3 is 9.64 Å². The molecule has 0 amide bonds. The molecule has 1 aliphatic heterocycles. The van der Waals surface area contributed by atoms with Crippen molar-refractivity contribution in [3.05, 3.63) is 88.4 Å². The first-order chi connectivity index (χ1) is 16.3. The zero-order valence-corrected chi connectivity index (χ0v) is 21.2. The third-order valence-corrected chi connectivity index (χ3v) is 7.89. The molecule has 1 saturated heterocycles. The van der Waals surface area contributed by atoms with Crippen LogP contribution in [0.15, 0.2) is 77.7 Å². The maximum atomic E-state index is 13.1. The standard InChI is InChI=1S/C25H27Cl2N3O3S/c1-29-13-15-30(16-14-29)25(23-17-19(26)7-12-24(23)27)18-28-34(31,32)22-10-8-21(9-11-22)33-20-5-3-2-4-6-20/h2-12,17,25,28H,13-16,18H2,1H3. The van der Waals surface area contributed by atoms with Crippen LogP contribution in [0.1, 0.15) is 11.6 Å². The van der Waals surface area contributed by atoms with Crippen LogP contribution in [-0.4, -0.2) is 58.0 Å². The van der Waals surface area contributed by atoms with Gasteiger partial charge in [0.15, 0.2) is 0 Å². The van der Waals surface area contributed by atoms with Gasteiger partial charge in [0.25, 0.3) is 0 Å². The average Bonchev–Trinajstić information content (AvgIpc) is 2.83. The molecule has 1 heterocycles. The Morgan fingerprint density at radius 1 is 0.912 bits per heavy atom. The van der Waals surface area contributed by atoms with Gasteiger partial charge in [-0.05, 0) is 67.2 Å². The van der Waals surface area contributed by atoms with Gasteiger partial charge in [-0.1, -0.05) is 41.4 Å². The number of nitrogens with one attached hydrogen (secondary N) is 1. The summed E-state index contributed by atoms with van der Waals surface area (Å²) in [5.41, 5.74) is 0.813. The van der Waals surface area contributed by atoms with Crippen LogP contribution in [0, 0.1) is 0 Å². The van der Waals surface area contributed by atoms with Gasteiger partial charge in [0.2, 0.25) is 10.0 Å². The van der Waals surface area contributed by atoms with Crippen molar-refractivity contribution in [1.29, 1.82) is 0 Å². The number of nitrogens with zero attached hydrogens (tertiary/aromatic N) is 2. The van der Waals surface area contributed by atoms with Gasteiger partial charge in [-0.3, -0.25) is 4.90 Å². The van der Waals surface area contributed by atoms with Crippen LogP contribution < -0.4 is 9.46 Å². The monoisotopic (exact) mass is 519 g/mol. The lowest BCUT2D eigenvalue weighted by atomic mass is 10.0. The summed E-state index contributed by atoms with van der Waals surface area (Å²) in [5, 5.41) is 1.13. The van der Waals surface area contributed by atoms with Crippen molar-refractivity contribution in [3.63, 3.8) is 0 Å². The topological polar surface area (TPSA) is 61.9 Å². The summed E-state index contributed by atoms with van der Waals surface area (Å²) >= 11 is 12.7. The highest BCUT2D eigenvalue weighted by atomic mass is 35.5. The van der Waals surface area contributed by atoms with E-state index in [9.17, 15) is 8.42 Å². The van der Waals surface area contributed by atoms with E-state index in [1.807, 2.05) is 36.4 Å². The van der Waals surface area contributed by atoms with E-state index in [-0.39, 0.29) is 17.5 Å². The minimum Gasteiger partial charge on any atom is -0.457 e. The van der Waals surface area contributed by atoms with Crippen LogP contribution in [0.3, 0.4) is 0 Å². The number of para-hydroxylation sites is 1. The van der Waals surface area contributed by atoms with Crippen LogP contribution in [0.25, 0.3) is 0 Å². The molecule has 0 aromatic heterocycles. The molecule has 0 radical (unpaired) electrons. The molecule has 0 aliphatic carbocycles. The van der Waals surface area contributed by atoms with E-state index in [4.69, 9.17) is 27.9 Å². The van der Waals surface area contributed by atoms with E-state index >= 15 is 0 Å². The average molecular weight is 520 g/mol. The second-order valence-corrected chi connectivity index (χ2v) is 10.9.